The predicted octanol–water partition coefficient (Wildman–Crippen LogP) is 1.54. The maximum atomic E-state index is 3.89. The lowest BCUT2D eigenvalue weighted by Gasteiger charge is -2.24. The molecular weight excluding hydrogens is 222 g/mol. The van der Waals surface area contributed by atoms with Gasteiger partial charge in [0, 0.05) is 31.2 Å². The van der Waals surface area contributed by atoms with Gasteiger partial charge >= 0.3 is 0 Å². The molecule has 3 unspecified atom stereocenters. The second kappa shape index (κ2) is 5.48. The molecule has 0 aromatic rings. The third-order valence-corrected chi connectivity index (χ3v) is 5.32. The van der Waals surface area contributed by atoms with Crippen LogP contribution in [0.2, 0.25) is 0 Å². The SMILES string of the molecule is CC(C)N1CCC(CNC2CCN3CCCC23)C1. The van der Waals surface area contributed by atoms with Gasteiger partial charge in [-0.2, -0.15) is 0 Å². The van der Waals surface area contributed by atoms with Crippen LogP contribution in [0.1, 0.15) is 39.5 Å². The molecule has 3 heterocycles. The van der Waals surface area contributed by atoms with Crippen molar-refractivity contribution in [3.63, 3.8) is 0 Å². The third-order valence-electron chi connectivity index (χ3n) is 5.32. The summed E-state index contributed by atoms with van der Waals surface area (Å²) in [5, 5.41) is 3.89. The molecule has 18 heavy (non-hydrogen) atoms. The lowest BCUT2D eigenvalue weighted by molar-refractivity contribution is 0.259. The molecular formula is C15H29N3. The normalized spacial score (nSPS) is 37.8. The average Bonchev–Trinajstić information content (AvgIpc) is 3.03. The Morgan fingerprint density at radius 3 is 2.78 bits per heavy atom. The first-order valence-corrected chi connectivity index (χ1v) is 7.95. The highest BCUT2D eigenvalue weighted by atomic mass is 15.2. The van der Waals surface area contributed by atoms with E-state index in [1.807, 2.05) is 0 Å². The molecule has 104 valence electrons. The van der Waals surface area contributed by atoms with Gasteiger partial charge in [-0.1, -0.05) is 0 Å². The van der Waals surface area contributed by atoms with Gasteiger partial charge in [0.15, 0.2) is 0 Å². The van der Waals surface area contributed by atoms with Gasteiger partial charge in [0.1, 0.15) is 0 Å². The van der Waals surface area contributed by atoms with E-state index in [1.54, 1.807) is 0 Å². The fraction of sp³-hybridized carbons (Fsp3) is 1.00. The molecule has 0 radical (unpaired) electrons. The number of hydrogen-bond acceptors (Lipinski definition) is 3. The highest BCUT2D eigenvalue weighted by molar-refractivity contribution is 4.96. The lowest BCUT2D eigenvalue weighted by Crippen LogP contribution is -2.41. The zero-order valence-electron chi connectivity index (χ0n) is 12.1. The second-order valence-electron chi connectivity index (χ2n) is 6.79. The summed E-state index contributed by atoms with van der Waals surface area (Å²) in [4.78, 5) is 5.33. The number of likely N-dealkylation sites (tertiary alicyclic amines) is 1. The van der Waals surface area contributed by atoms with Crippen molar-refractivity contribution in [2.45, 2.75) is 57.7 Å². The maximum absolute atomic E-state index is 3.89. The van der Waals surface area contributed by atoms with Gasteiger partial charge < -0.3 is 10.2 Å². The lowest BCUT2D eigenvalue weighted by atomic mass is 10.0. The van der Waals surface area contributed by atoms with Crippen molar-refractivity contribution in [1.29, 1.82) is 0 Å². The third kappa shape index (κ3) is 2.59. The molecule has 3 nitrogen and oxygen atoms in total. The average molecular weight is 251 g/mol. The summed E-state index contributed by atoms with van der Waals surface area (Å²) in [5.41, 5.74) is 0. The van der Waals surface area contributed by atoms with Crippen LogP contribution >= 0.6 is 0 Å². The standard InChI is InChI=1S/C15H29N3/c1-12(2)18-8-5-13(11-18)10-16-14-6-9-17-7-3-4-15(14)17/h12-16H,3-11H2,1-2H3. The van der Waals surface area contributed by atoms with Crippen molar-refractivity contribution in [3.05, 3.63) is 0 Å². The molecule has 3 saturated heterocycles. The summed E-state index contributed by atoms with van der Waals surface area (Å²) < 4.78 is 0. The van der Waals surface area contributed by atoms with Crippen LogP contribution in [0.4, 0.5) is 0 Å². The Kier molecular flexibility index (Phi) is 3.92. The number of rotatable bonds is 4. The summed E-state index contributed by atoms with van der Waals surface area (Å²) in [6, 6.07) is 2.39. The molecule has 3 aliphatic heterocycles. The van der Waals surface area contributed by atoms with Gasteiger partial charge in [-0.25, -0.2) is 0 Å². The minimum absolute atomic E-state index is 0.729. The van der Waals surface area contributed by atoms with Crippen LogP contribution in [0.5, 0.6) is 0 Å². The minimum Gasteiger partial charge on any atom is -0.312 e. The highest BCUT2D eigenvalue weighted by Crippen LogP contribution is 2.28. The van der Waals surface area contributed by atoms with E-state index in [9.17, 15) is 0 Å². The van der Waals surface area contributed by atoms with Crippen molar-refractivity contribution in [3.8, 4) is 0 Å². The smallest absolute Gasteiger partial charge is 0.0250 e. The molecule has 3 fully saturated rings. The first-order valence-electron chi connectivity index (χ1n) is 7.95. The molecule has 0 bridgehead atoms. The van der Waals surface area contributed by atoms with E-state index < -0.39 is 0 Å². The topological polar surface area (TPSA) is 18.5 Å². The van der Waals surface area contributed by atoms with Crippen molar-refractivity contribution < 1.29 is 0 Å². The molecule has 1 N–H and O–H groups in total. The van der Waals surface area contributed by atoms with Crippen LogP contribution in [0.3, 0.4) is 0 Å². The molecule has 0 amide bonds. The van der Waals surface area contributed by atoms with Crippen LogP contribution < -0.4 is 5.32 Å². The van der Waals surface area contributed by atoms with E-state index >= 15 is 0 Å². The van der Waals surface area contributed by atoms with Crippen molar-refractivity contribution in [1.82, 2.24) is 15.1 Å². The summed E-state index contributed by atoms with van der Waals surface area (Å²) in [6.07, 6.45) is 5.63. The quantitative estimate of drug-likeness (QED) is 0.818. The van der Waals surface area contributed by atoms with Crippen molar-refractivity contribution >= 4 is 0 Å². The molecule has 3 aliphatic rings. The van der Waals surface area contributed by atoms with Gasteiger partial charge in [0.05, 0.1) is 0 Å². The molecule has 0 aromatic carbocycles. The Hall–Kier alpha value is -0.120. The second-order valence-corrected chi connectivity index (χ2v) is 6.79. The molecule has 3 heteroatoms. The Labute approximate surface area is 112 Å². The van der Waals surface area contributed by atoms with Gasteiger partial charge in [0.25, 0.3) is 0 Å². The number of nitrogens with zero attached hydrogens (tertiary/aromatic N) is 2. The summed E-state index contributed by atoms with van der Waals surface area (Å²) in [7, 11) is 0. The first kappa shape index (κ1) is 12.9. The van der Waals surface area contributed by atoms with Gasteiger partial charge in [0.2, 0.25) is 0 Å². The molecule has 0 spiro atoms. The van der Waals surface area contributed by atoms with E-state index in [-0.39, 0.29) is 0 Å². The summed E-state index contributed by atoms with van der Waals surface area (Å²) in [6.45, 7) is 11.2. The monoisotopic (exact) mass is 251 g/mol. The fourth-order valence-electron chi connectivity index (χ4n) is 4.14. The molecule has 0 saturated carbocycles. The number of nitrogens with one attached hydrogen (secondary N) is 1. The van der Waals surface area contributed by atoms with E-state index in [4.69, 9.17) is 0 Å². The van der Waals surface area contributed by atoms with Crippen LogP contribution in [0, 0.1) is 5.92 Å². The number of fused-ring (bicyclic) bond motifs is 1. The predicted molar refractivity (Wildman–Crippen MR) is 75.8 cm³/mol. The van der Waals surface area contributed by atoms with E-state index in [2.05, 4.69) is 29.0 Å². The van der Waals surface area contributed by atoms with Crippen molar-refractivity contribution in [2.24, 2.45) is 5.92 Å². The molecule has 0 aliphatic carbocycles. The van der Waals surface area contributed by atoms with E-state index in [0.717, 1.165) is 24.0 Å². The maximum Gasteiger partial charge on any atom is 0.0250 e. The molecule has 3 rings (SSSR count). The Morgan fingerprint density at radius 2 is 2.00 bits per heavy atom. The van der Waals surface area contributed by atoms with Crippen LogP contribution in [0.25, 0.3) is 0 Å². The fourth-order valence-corrected chi connectivity index (χ4v) is 4.14. The van der Waals surface area contributed by atoms with Crippen LogP contribution in [-0.4, -0.2) is 60.6 Å². The van der Waals surface area contributed by atoms with Crippen LogP contribution in [0.15, 0.2) is 0 Å². The largest absolute Gasteiger partial charge is 0.312 e. The highest BCUT2D eigenvalue weighted by Gasteiger charge is 2.37. The molecule has 0 aromatic heterocycles. The van der Waals surface area contributed by atoms with Gasteiger partial charge in [-0.3, -0.25) is 4.90 Å². The summed E-state index contributed by atoms with van der Waals surface area (Å²) >= 11 is 0. The Morgan fingerprint density at radius 1 is 1.11 bits per heavy atom. The minimum atomic E-state index is 0.729. The zero-order valence-corrected chi connectivity index (χ0v) is 12.1. The number of hydrogen-bond donors (Lipinski definition) is 1. The zero-order chi connectivity index (χ0) is 12.5. The summed E-state index contributed by atoms with van der Waals surface area (Å²) in [5.74, 6) is 0.892. The van der Waals surface area contributed by atoms with E-state index in [1.165, 1.54) is 58.4 Å². The first-order chi connectivity index (χ1) is 8.74. The van der Waals surface area contributed by atoms with E-state index in [0.29, 0.717) is 0 Å². The Bertz CT molecular complexity index is 279. The Balaban J connectivity index is 1.42. The van der Waals surface area contributed by atoms with Crippen LogP contribution in [-0.2, 0) is 0 Å². The van der Waals surface area contributed by atoms with Gasteiger partial charge in [-0.15, -0.1) is 0 Å². The van der Waals surface area contributed by atoms with Crippen molar-refractivity contribution in [2.75, 3.05) is 32.7 Å². The molecule has 3 atom stereocenters. The van der Waals surface area contributed by atoms with Gasteiger partial charge in [-0.05, 0) is 65.1 Å².